The van der Waals surface area contributed by atoms with E-state index in [4.69, 9.17) is 0 Å². The third kappa shape index (κ3) is 3.09. The molecule has 7 heteroatoms. The number of carbonyl (C=O) groups is 2. The number of hydrogen-bond donors (Lipinski definition) is 0. The zero-order valence-corrected chi connectivity index (χ0v) is 13.5. The van der Waals surface area contributed by atoms with E-state index in [-0.39, 0.29) is 17.9 Å². The van der Waals surface area contributed by atoms with E-state index in [9.17, 15) is 9.59 Å². The van der Waals surface area contributed by atoms with Gasteiger partial charge >= 0.3 is 0 Å². The quantitative estimate of drug-likeness (QED) is 0.828. The van der Waals surface area contributed by atoms with E-state index in [1.54, 1.807) is 18.0 Å². The number of nitrogens with zero attached hydrogens (tertiary/aromatic N) is 4. The lowest BCUT2D eigenvalue weighted by Crippen LogP contribution is -2.48. The number of aromatic nitrogens is 2. The summed E-state index contributed by atoms with van der Waals surface area (Å²) in [6.07, 6.45) is 8.61. The summed E-state index contributed by atoms with van der Waals surface area (Å²) in [6, 6.07) is 0.138. The van der Waals surface area contributed by atoms with E-state index < -0.39 is 0 Å². The average molecular weight is 320 g/mol. The van der Waals surface area contributed by atoms with Gasteiger partial charge in [0.15, 0.2) is 0 Å². The molecule has 3 aliphatic heterocycles. The minimum atomic E-state index is -0.0795. The molecule has 22 heavy (non-hydrogen) atoms. The number of piperidine rings is 1. The third-order valence-corrected chi connectivity index (χ3v) is 4.91. The Morgan fingerprint density at radius 3 is 2.86 bits per heavy atom. The second kappa shape index (κ2) is 6.64. The van der Waals surface area contributed by atoms with Crippen molar-refractivity contribution in [2.24, 2.45) is 5.92 Å². The first-order chi connectivity index (χ1) is 10.7. The molecule has 6 nitrogen and oxygen atoms in total. The number of rotatable bonds is 3. The van der Waals surface area contributed by atoms with Gasteiger partial charge in [-0.3, -0.25) is 14.6 Å². The van der Waals surface area contributed by atoms with E-state index in [1.165, 1.54) is 12.4 Å². The van der Waals surface area contributed by atoms with Crippen LogP contribution >= 0.6 is 11.8 Å². The van der Waals surface area contributed by atoms with Crippen molar-refractivity contribution in [3.63, 3.8) is 0 Å². The summed E-state index contributed by atoms with van der Waals surface area (Å²) >= 11 is 1.55. The molecule has 0 N–H and O–H groups in total. The Morgan fingerprint density at radius 1 is 1.27 bits per heavy atom. The molecule has 4 rings (SSSR count). The van der Waals surface area contributed by atoms with Crippen molar-refractivity contribution in [3.8, 4) is 0 Å². The van der Waals surface area contributed by atoms with Gasteiger partial charge in [0.2, 0.25) is 5.91 Å². The molecular weight excluding hydrogens is 300 g/mol. The molecule has 0 saturated carbocycles. The van der Waals surface area contributed by atoms with E-state index in [2.05, 4.69) is 9.97 Å². The molecule has 3 aliphatic rings. The Bertz CT molecular complexity index is 554. The smallest absolute Gasteiger partial charge is 0.274 e. The molecule has 118 valence electrons. The second-order valence-electron chi connectivity index (χ2n) is 5.88. The van der Waals surface area contributed by atoms with Gasteiger partial charge < -0.3 is 9.80 Å². The molecular formula is C15H20N4O2S. The summed E-state index contributed by atoms with van der Waals surface area (Å²) in [5.74, 6) is 0.992. The fourth-order valence-electron chi connectivity index (χ4n) is 3.33. The zero-order chi connectivity index (χ0) is 15.5. The molecule has 4 heterocycles. The van der Waals surface area contributed by atoms with Crippen LogP contribution in [0.2, 0.25) is 0 Å². The van der Waals surface area contributed by atoms with Crippen LogP contribution in [-0.2, 0) is 4.79 Å². The molecule has 0 aromatic carbocycles. The summed E-state index contributed by atoms with van der Waals surface area (Å²) in [5, 5.41) is 0. The van der Waals surface area contributed by atoms with Crippen molar-refractivity contribution < 1.29 is 9.59 Å². The van der Waals surface area contributed by atoms with Crippen LogP contribution in [-0.4, -0.2) is 69.3 Å². The third-order valence-electron chi connectivity index (χ3n) is 4.37. The molecule has 0 unspecified atom stereocenters. The van der Waals surface area contributed by atoms with Crippen LogP contribution in [0.4, 0.5) is 0 Å². The van der Waals surface area contributed by atoms with Gasteiger partial charge in [0.1, 0.15) is 5.69 Å². The van der Waals surface area contributed by atoms with E-state index in [0.29, 0.717) is 30.5 Å². The van der Waals surface area contributed by atoms with Crippen LogP contribution in [0.15, 0.2) is 18.6 Å². The predicted octanol–water partition coefficient (Wildman–Crippen LogP) is 0.903. The highest BCUT2D eigenvalue weighted by molar-refractivity contribution is 7.99. The summed E-state index contributed by atoms with van der Waals surface area (Å²) in [5.41, 5.74) is 0.380. The lowest BCUT2D eigenvalue weighted by atomic mass is 9.95. The molecule has 3 saturated heterocycles. The van der Waals surface area contributed by atoms with Gasteiger partial charge in [-0.05, 0) is 25.0 Å². The zero-order valence-electron chi connectivity index (χ0n) is 12.6. The minimum absolute atomic E-state index is 0.0795. The highest BCUT2D eigenvalue weighted by Crippen LogP contribution is 2.29. The number of amides is 2. The molecule has 2 atom stereocenters. The maximum absolute atomic E-state index is 12.6. The van der Waals surface area contributed by atoms with Gasteiger partial charge in [0.25, 0.3) is 5.91 Å². The largest absolute Gasteiger partial charge is 0.337 e. The molecule has 1 aromatic heterocycles. The Morgan fingerprint density at radius 2 is 2.14 bits per heavy atom. The SMILES string of the molecule is CSCC(=O)N1C[C@H]2CC[C@@H]1CN(C(=O)c1cnccn1)C2. The van der Waals surface area contributed by atoms with Gasteiger partial charge in [0, 0.05) is 38.1 Å². The van der Waals surface area contributed by atoms with Crippen molar-refractivity contribution in [1.29, 1.82) is 0 Å². The van der Waals surface area contributed by atoms with Gasteiger partial charge in [-0.25, -0.2) is 4.98 Å². The highest BCUT2D eigenvalue weighted by Gasteiger charge is 2.38. The number of hydrogen-bond acceptors (Lipinski definition) is 5. The fraction of sp³-hybridized carbons (Fsp3) is 0.600. The van der Waals surface area contributed by atoms with Gasteiger partial charge in [-0.2, -0.15) is 11.8 Å². The normalized spacial score (nSPS) is 24.2. The standard InChI is InChI=1S/C15H20N4O2S/c1-22-10-14(20)19-8-11-2-3-12(19)9-18(7-11)15(21)13-6-16-4-5-17-13/h4-6,11-12H,2-3,7-10H2,1H3/t11-,12+/m0/s1. The van der Waals surface area contributed by atoms with Crippen molar-refractivity contribution in [3.05, 3.63) is 24.3 Å². The van der Waals surface area contributed by atoms with Gasteiger partial charge in [0.05, 0.1) is 11.9 Å². The van der Waals surface area contributed by atoms with Crippen molar-refractivity contribution >= 4 is 23.6 Å². The van der Waals surface area contributed by atoms with Crippen molar-refractivity contribution in [2.75, 3.05) is 31.6 Å². The van der Waals surface area contributed by atoms with Crippen LogP contribution in [0, 0.1) is 5.92 Å². The predicted molar refractivity (Wildman–Crippen MR) is 84.5 cm³/mol. The number of thioether (sulfide) groups is 1. The van der Waals surface area contributed by atoms with Crippen LogP contribution in [0.3, 0.4) is 0 Å². The fourth-order valence-corrected chi connectivity index (χ4v) is 3.74. The second-order valence-corrected chi connectivity index (χ2v) is 6.74. The van der Waals surface area contributed by atoms with Crippen LogP contribution < -0.4 is 0 Å². The first-order valence-corrected chi connectivity index (χ1v) is 8.92. The lowest BCUT2D eigenvalue weighted by Gasteiger charge is -2.36. The summed E-state index contributed by atoms with van der Waals surface area (Å²) in [6.45, 7) is 2.08. The van der Waals surface area contributed by atoms with Crippen LogP contribution in [0.1, 0.15) is 23.3 Å². The monoisotopic (exact) mass is 320 g/mol. The summed E-state index contributed by atoms with van der Waals surface area (Å²) in [4.78, 5) is 36.8. The Labute approximate surface area is 134 Å². The molecule has 1 aromatic rings. The first kappa shape index (κ1) is 15.3. The lowest BCUT2D eigenvalue weighted by molar-refractivity contribution is -0.132. The van der Waals surface area contributed by atoms with Crippen LogP contribution in [0.5, 0.6) is 0 Å². The molecule has 0 aliphatic carbocycles. The number of fused-ring (bicyclic) bond motifs is 4. The number of carbonyl (C=O) groups excluding carboxylic acids is 2. The molecule has 0 radical (unpaired) electrons. The Kier molecular flexibility index (Phi) is 4.61. The first-order valence-electron chi connectivity index (χ1n) is 7.52. The van der Waals surface area contributed by atoms with Gasteiger partial charge in [-0.15, -0.1) is 0 Å². The van der Waals surface area contributed by atoms with Crippen LogP contribution in [0.25, 0.3) is 0 Å². The molecule has 3 fully saturated rings. The average Bonchev–Trinajstić information content (AvgIpc) is 2.87. The van der Waals surface area contributed by atoms with Crippen molar-refractivity contribution in [2.45, 2.75) is 18.9 Å². The summed E-state index contributed by atoms with van der Waals surface area (Å²) < 4.78 is 0. The summed E-state index contributed by atoms with van der Waals surface area (Å²) in [7, 11) is 0. The maximum atomic E-state index is 12.6. The molecule has 0 spiro atoms. The topological polar surface area (TPSA) is 66.4 Å². The molecule has 2 amide bonds. The van der Waals surface area contributed by atoms with Crippen molar-refractivity contribution in [1.82, 2.24) is 19.8 Å². The van der Waals surface area contributed by atoms with Gasteiger partial charge in [-0.1, -0.05) is 0 Å². The van der Waals surface area contributed by atoms with E-state index in [1.807, 2.05) is 16.1 Å². The maximum Gasteiger partial charge on any atom is 0.274 e. The van der Waals surface area contributed by atoms with E-state index >= 15 is 0 Å². The Hall–Kier alpha value is -1.63. The minimum Gasteiger partial charge on any atom is -0.337 e. The Balaban J connectivity index is 1.75. The molecule has 2 bridgehead atoms. The van der Waals surface area contributed by atoms with E-state index in [0.717, 1.165) is 19.4 Å². The highest BCUT2D eigenvalue weighted by atomic mass is 32.2.